The molecule has 3 nitrogen and oxygen atoms in total. The van der Waals surface area contributed by atoms with Crippen molar-refractivity contribution in [3.8, 4) is 5.75 Å². The topological polar surface area (TPSA) is 47.3 Å². The first-order chi connectivity index (χ1) is 8.33. The van der Waals surface area contributed by atoms with E-state index < -0.39 is 0 Å². The smallest absolute Gasteiger partial charge is 0.119 e. The third kappa shape index (κ3) is 2.96. The molecular formula is C14H18N2O. The number of rotatable bonds is 5. The van der Waals surface area contributed by atoms with Crippen molar-refractivity contribution < 1.29 is 4.74 Å². The Morgan fingerprint density at radius 1 is 1.12 bits per heavy atom. The van der Waals surface area contributed by atoms with Crippen LogP contribution in [0.4, 0.5) is 0 Å². The van der Waals surface area contributed by atoms with Crippen molar-refractivity contribution in [1.29, 1.82) is 0 Å². The molecule has 0 aliphatic rings. The summed E-state index contributed by atoms with van der Waals surface area (Å²) in [6, 6.07) is 12.6. The Morgan fingerprint density at radius 2 is 1.88 bits per heavy atom. The van der Waals surface area contributed by atoms with E-state index in [1.165, 1.54) is 16.3 Å². The Labute approximate surface area is 102 Å². The monoisotopic (exact) mass is 230 g/mol. The molecule has 3 heteroatoms. The lowest BCUT2D eigenvalue weighted by Crippen LogP contribution is -2.21. The maximum absolute atomic E-state index is 5.44. The maximum atomic E-state index is 5.44. The standard InChI is InChI=1S/C14H18N2O/c1-17-14-5-4-12-8-11(10-16-7-6-15)2-3-13(12)9-14/h2-5,8-9,16H,6-7,10,15H2,1H3. The van der Waals surface area contributed by atoms with E-state index in [4.69, 9.17) is 10.5 Å². The number of nitrogens with one attached hydrogen (secondary N) is 1. The van der Waals surface area contributed by atoms with Gasteiger partial charge in [0.2, 0.25) is 0 Å². The van der Waals surface area contributed by atoms with E-state index in [0.29, 0.717) is 6.54 Å². The molecule has 3 N–H and O–H groups in total. The van der Waals surface area contributed by atoms with Crippen LogP contribution >= 0.6 is 0 Å². The van der Waals surface area contributed by atoms with E-state index in [2.05, 4.69) is 29.6 Å². The van der Waals surface area contributed by atoms with Gasteiger partial charge < -0.3 is 15.8 Å². The van der Waals surface area contributed by atoms with Crippen LogP contribution in [0.3, 0.4) is 0 Å². The maximum Gasteiger partial charge on any atom is 0.119 e. The molecule has 0 radical (unpaired) electrons. The van der Waals surface area contributed by atoms with Crippen molar-refractivity contribution in [2.45, 2.75) is 6.54 Å². The van der Waals surface area contributed by atoms with Gasteiger partial charge in [-0.25, -0.2) is 0 Å². The molecule has 0 saturated carbocycles. The van der Waals surface area contributed by atoms with Crippen LogP contribution < -0.4 is 15.8 Å². The largest absolute Gasteiger partial charge is 0.497 e. The number of hydrogen-bond donors (Lipinski definition) is 2. The van der Waals surface area contributed by atoms with Gasteiger partial charge in [0.15, 0.2) is 0 Å². The van der Waals surface area contributed by atoms with Gasteiger partial charge in [-0.2, -0.15) is 0 Å². The highest BCUT2D eigenvalue weighted by atomic mass is 16.5. The lowest BCUT2D eigenvalue weighted by atomic mass is 10.1. The Balaban J connectivity index is 2.19. The molecule has 0 heterocycles. The molecule has 2 aromatic carbocycles. The van der Waals surface area contributed by atoms with Crippen LogP contribution in [0, 0.1) is 0 Å². The average molecular weight is 230 g/mol. The van der Waals surface area contributed by atoms with Gasteiger partial charge in [0, 0.05) is 19.6 Å². The lowest BCUT2D eigenvalue weighted by Gasteiger charge is -2.06. The molecule has 0 aromatic heterocycles. The van der Waals surface area contributed by atoms with Crippen LogP contribution in [-0.4, -0.2) is 20.2 Å². The van der Waals surface area contributed by atoms with E-state index in [9.17, 15) is 0 Å². The number of hydrogen-bond acceptors (Lipinski definition) is 3. The summed E-state index contributed by atoms with van der Waals surface area (Å²) in [6.07, 6.45) is 0. The highest BCUT2D eigenvalue weighted by Crippen LogP contribution is 2.21. The van der Waals surface area contributed by atoms with Crippen LogP contribution in [0.1, 0.15) is 5.56 Å². The summed E-state index contributed by atoms with van der Waals surface area (Å²) in [7, 11) is 1.69. The third-order valence-electron chi connectivity index (χ3n) is 2.76. The van der Waals surface area contributed by atoms with Crippen LogP contribution in [-0.2, 0) is 6.54 Å². The molecule has 0 amide bonds. The quantitative estimate of drug-likeness (QED) is 0.771. The molecule has 0 saturated heterocycles. The minimum Gasteiger partial charge on any atom is -0.497 e. The molecule has 0 spiro atoms. The Hall–Kier alpha value is -1.58. The zero-order valence-electron chi connectivity index (χ0n) is 10.1. The molecule has 0 atom stereocenters. The number of fused-ring (bicyclic) bond motifs is 1. The second-order valence-electron chi connectivity index (χ2n) is 4.01. The van der Waals surface area contributed by atoms with E-state index in [1.807, 2.05) is 12.1 Å². The first kappa shape index (κ1) is 11.9. The van der Waals surface area contributed by atoms with Crippen molar-refractivity contribution in [3.63, 3.8) is 0 Å². The zero-order valence-corrected chi connectivity index (χ0v) is 10.1. The normalized spacial score (nSPS) is 10.7. The van der Waals surface area contributed by atoms with Gasteiger partial charge in [0.05, 0.1) is 7.11 Å². The predicted octanol–water partition coefficient (Wildman–Crippen LogP) is 1.90. The molecular weight excluding hydrogens is 212 g/mol. The van der Waals surface area contributed by atoms with Gasteiger partial charge in [-0.05, 0) is 34.5 Å². The summed E-state index contributed by atoms with van der Waals surface area (Å²) in [5.41, 5.74) is 6.71. The van der Waals surface area contributed by atoms with Crippen LogP contribution in [0.5, 0.6) is 5.75 Å². The molecule has 0 fully saturated rings. The van der Waals surface area contributed by atoms with Gasteiger partial charge in [0.25, 0.3) is 0 Å². The summed E-state index contributed by atoms with van der Waals surface area (Å²) in [5, 5.41) is 5.72. The summed E-state index contributed by atoms with van der Waals surface area (Å²) in [5.74, 6) is 0.895. The third-order valence-corrected chi connectivity index (χ3v) is 2.76. The lowest BCUT2D eigenvalue weighted by molar-refractivity contribution is 0.415. The van der Waals surface area contributed by atoms with E-state index >= 15 is 0 Å². The fraction of sp³-hybridized carbons (Fsp3) is 0.286. The highest BCUT2D eigenvalue weighted by Gasteiger charge is 1.98. The number of methoxy groups -OCH3 is 1. The Bertz CT molecular complexity index is 497. The number of ether oxygens (including phenoxy) is 1. The number of benzene rings is 2. The predicted molar refractivity (Wildman–Crippen MR) is 71.3 cm³/mol. The Kier molecular flexibility index (Phi) is 3.96. The first-order valence-electron chi connectivity index (χ1n) is 5.81. The van der Waals surface area contributed by atoms with Gasteiger partial charge in [-0.3, -0.25) is 0 Å². The van der Waals surface area contributed by atoms with E-state index in [-0.39, 0.29) is 0 Å². The fourth-order valence-electron chi connectivity index (χ4n) is 1.85. The minimum absolute atomic E-state index is 0.671. The molecule has 0 bridgehead atoms. The van der Waals surface area contributed by atoms with Crippen molar-refractivity contribution in [1.82, 2.24) is 5.32 Å². The molecule has 0 unspecified atom stereocenters. The SMILES string of the molecule is COc1ccc2cc(CNCCN)ccc2c1. The summed E-state index contributed by atoms with van der Waals surface area (Å²) >= 11 is 0. The van der Waals surface area contributed by atoms with E-state index in [1.54, 1.807) is 7.11 Å². The van der Waals surface area contributed by atoms with Crippen molar-refractivity contribution >= 4 is 10.8 Å². The molecule has 2 rings (SSSR count). The molecule has 90 valence electrons. The Morgan fingerprint density at radius 3 is 2.65 bits per heavy atom. The molecule has 0 aliphatic heterocycles. The average Bonchev–Trinajstić information content (AvgIpc) is 2.38. The zero-order chi connectivity index (χ0) is 12.1. The highest BCUT2D eigenvalue weighted by molar-refractivity contribution is 5.84. The first-order valence-corrected chi connectivity index (χ1v) is 5.81. The van der Waals surface area contributed by atoms with Crippen molar-refractivity contribution in [3.05, 3.63) is 42.0 Å². The van der Waals surface area contributed by atoms with Gasteiger partial charge in [-0.1, -0.05) is 18.2 Å². The second kappa shape index (κ2) is 5.66. The van der Waals surface area contributed by atoms with Gasteiger partial charge in [-0.15, -0.1) is 0 Å². The van der Waals surface area contributed by atoms with Crippen LogP contribution in [0.2, 0.25) is 0 Å². The summed E-state index contributed by atoms with van der Waals surface area (Å²) in [4.78, 5) is 0. The molecule has 2 aromatic rings. The minimum atomic E-state index is 0.671. The summed E-state index contributed by atoms with van der Waals surface area (Å²) in [6.45, 7) is 2.38. The van der Waals surface area contributed by atoms with Crippen LogP contribution in [0.15, 0.2) is 36.4 Å². The van der Waals surface area contributed by atoms with Gasteiger partial charge >= 0.3 is 0 Å². The van der Waals surface area contributed by atoms with Crippen molar-refractivity contribution in [2.24, 2.45) is 5.73 Å². The van der Waals surface area contributed by atoms with E-state index in [0.717, 1.165) is 18.8 Å². The fourth-order valence-corrected chi connectivity index (χ4v) is 1.85. The van der Waals surface area contributed by atoms with Gasteiger partial charge in [0.1, 0.15) is 5.75 Å². The summed E-state index contributed by atoms with van der Waals surface area (Å²) < 4.78 is 5.21. The second-order valence-corrected chi connectivity index (χ2v) is 4.01. The number of nitrogens with two attached hydrogens (primary N) is 1. The van der Waals surface area contributed by atoms with Crippen LogP contribution in [0.25, 0.3) is 10.8 Å². The molecule has 0 aliphatic carbocycles. The molecule has 17 heavy (non-hydrogen) atoms. The van der Waals surface area contributed by atoms with Crippen molar-refractivity contribution in [2.75, 3.05) is 20.2 Å².